The summed E-state index contributed by atoms with van der Waals surface area (Å²) in [5.41, 5.74) is 0.247. The highest BCUT2D eigenvalue weighted by atomic mass is 19.1. The van der Waals surface area contributed by atoms with Crippen LogP contribution in [-0.4, -0.2) is 24.8 Å². The number of rotatable bonds is 4. The summed E-state index contributed by atoms with van der Waals surface area (Å²) in [6.45, 7) is 2.97. The average molecular weight is 239 g/mol. The van der Waals surface area contributed by atoms with Crippen LogP contribution in [-0.2, 0) is 4.79 Å². The number of ether oxygens (including phenoxy) is 1. The van der Waals surface area contributed by atoms with E-state index in [1.807, 2.05) is 0 Å². The molecule has 0 aliphatic carbocycles. The van der Waals surface area contributed by atoms with Crippen LogP contribution in [0.3, 0.4) is 0 Å². The second kappa shape index (κ2) is 5.43. The molecule has 0 aliphatic heterocycles. The fraction of sp³-hybridized carbons (Fsp3) is 0.333. The number of ketones is 1. The van der Waals surface area contributed by atoms with Crippen molar-refractivity contribution in [2.24, 2.45) is 0 Å². The molecule has 0 spiro atoms. The van der Waals surface area contributed by atoms with Gasteiger partial charge in [-0.2, -0.15) is 0 Å². The van der Waals surface area contributed by atoms with Crippen LogP contribution >= 0.6 is 0 Å². The summed E-state index contributed by atoms with van der Waals surface area (Å²) < 4.78 is 17.9. The minimum atomic E-state index is -0.571. The van der Waals surface area contributed by atoms with Crippen LogP contribution in [0.25, 0.3) is 0 Å². The molecule has 92 valence electrons. The van der Waals surface area contributed by atoms with Crippen molar-refractivity contribution in [2.45, 2.75) is 19.9 Å². The van der Waals surface area contributed by atoms with Crippen LogP contribution in [0, 0.1) is 5.82 Å². The highest BCUT2D eigenvalue weighted by molar-refractivity contribution is 5.97. The minimum absolute atomic E-state index is 0.00636. The van der Waals surface area contributed by atoms with Gasteiger partial charge in [-0.1, -0.05) is 0 Å². The third-order valence-electron chi connectivity index (χ3n) is 2.37. The van der Waals surface area contributed by atoms with Crippen molar-refractivity contribution in [1.29, 1.82) is 0 Å². The summed E-state index contributed by atoms with van der Waals surface area (Å²) in [5.74, 6) is -1.13. The third kappa shape index (κ3) is 3.27. The fourth-order valence-electron chi connectivity index (χ4n) is 1.18. The molecule has 5 heteroatoms. The van der Waals surface area contributed by atoms with E-state index in [2.05, 4.69) is 5.32 Å². The van der Waals surface area contributed by atoms with Gasteiger partial charge in [0.1, 0.15) is 0 Å². The molecule has 0 fully saturated rings. The van der Waals surface area contributed by atoms with Crippen molar-refractivity contribution in [3.05, 3.63) is 29.6 Å². The highest BCUT2D eigenvalue weighted by Crippen LogP contribution is 2.18. The Balaban J connectivity index is 2.86. The second-order valence-electron chi connectivity index (χ2n) is 3.66. The Morgan fingerprint density at radius 1 is 1.41 bits per heavy atom. The van der Waals surface area contributed by atoms with E-state index in [1.54, 1.807) is 6.92 Å². The van der Waals surface area contributed by atoms with Gasteiger partial charge in [0.2, 0.25) is 0 Å². The normalized spacial score (nSPS) is 11.8. The molecule has 1 aromatic carbocycles. The van der Waals surface area contributed by atoms with Crippen molar-refractivity contribution >= 4 is 11.7 Å². The molecule has 0 aromatic heterocycles. The van der Waals surface area contributed by atoms with Gasteiger partial charge < -0.3 is 10.1 Å². The predicted octanol–water partition coefficient (Wildman–Crippen LogP) is 1.54. The number of Topliss-reactive ketones (excluding diaryl/α,β-unsaturated/α-hetero) is 1. The molecule has 0 radical (unpaired) electrons. The van der Waals surface area contributed by atoms with Crippen LogP contribution in [0.4, 0.5) is 4.39 Å². The van der Waals surface area contributed by atoms with Crippen molar-refractivity contribution < 1.29 is 18.7 Å². The van der Waals surface area contributed by atoms with Gasteiger partial charge in [0.15, 0.2) is 17.3 Å². The first-order chi connectivity index (χ1) is 7.95. The van der Waals surface area contributed by atoms with Gasteiger partial charge in [0.25, 0.3) is 5.91 Å². The van der Waals surface area contributed by atoms with Crippen LogP contribution in [0.2, 0.25) is 0 Å². The first kappa shape index (κ1) is 13.2. The van der Waals surface area contributed by atoms with Crippen LogP contribution in [0.1, 0.15) is 24.2 Å². The van der Waals surface area contributed by atoms with Crippen LogP contribution < -0.4 is 10.1 Å². The van der Waals surface area contributed by atoms with Gasteiger partial charge in [-0.05, 0) is 32.0 Å². The molecule has 1 N–H and O–H groups in total. The maximum Gasteiger partial charge on any atom is 0.251 e. The first-order valence-electron chi connectivity index (χ1n) is 5.10. The number of hydrogen-bond acceptors (Lipinski definition) is 3. The summed E-state index contributed by atoms with van der Waals surface area (Å²) in [6.07, 6.45) is 0. The van der Waals surface area contributed by atoms with Gasteiger partial charge >= 0.3 is 0 Å². The Bertz CT molecular complexity index is 445. The van der Waals surface area contributed by atoms with E-state index in [1.165, 1.54) is 26.2 Å². The fourth-order valence-corrected chi connectivity index (χ4v) is 1.18. The molecule has 1 aromatic rings. The zero-order chi connectivity index (χ0) is 13.0. The number of halogens is 1. The molecule has 0 aliphatic rings. The van der Waals surface area contributed by atoms with E-state index < -0.39 is 17.8 Å². The Hall–Kier alpha value is -1.91. The smallest absolute Gasteiger partial charge is 0.251 e. The number of nitrogens with one attached hydrogen (secondary N) is 1. The number of carbonyl (C=O) groups is 2. The SMILES string of the molecule is COc1cc(C(=O)NC(C)C(C)=O)ccc1F. The molecule has 1 amide bonds. The Morgan fingerprint density at radius 2 is 2.06 bits per heavy atom. The molecule has 0 heterocycles. The second-order valence-corrected chi connectivity index (χ2v) is 3.66. The first-order valence-corrected chi connectivity index (χ1v) is 5.10. The lowest BCUT2D eigenvalue weighted by molar-refractivity contribution is -0.118. The topological polar surface area (TPSA) is 55.4 Å². The predicted molar refractivity (Wildman–Crippen MR) is 60.6 cm³/mol. The molecule has 17 heavy (non-hydrogen) atoms. The molecular formula is C12H14FNO3. The number of amides is 1. The monoisotopic (exact) mass is 239 g/mol. The van der Waals surface area contributed by atoms with E-state index in [4.69, 9.17) is 4.74 Å². The standard InChI is InChI=1S/C12H14FNO3/c1-7(8(2)15)14-12(16)9-4-5-10(13)11(6-9)17-3/h4-7H,1-3H3,(H,14,16). The lowest BCUT2D eigenvalue weighted by atomic mass is 10.1. The Morgan fingerprint density at radius 3 is 2.59 bits per heavy atom. The van der Waals surface area contributed by atoms with E-state index in [9.17, 15) is 14.0 Å². The number of hydrogen-bond donors (Lipinski definition) is 1. The quantitative estimate of drug-likeness (QED) is 0.867. The van der Waals surface area contributed by atoms with Gasteiger partial charge in [0, 0.05) is 5.56 Å². The Labute approximate surface area is 98.8 Å². The lowest BCUT2D eigenvalue weighted by Crippen LogP contribution is -2.37. The zero-order valence-corrected chi connectivity index (χ0v) is 9.91. The maximum absolute atomic E-state index is 13.1. The van der Waals surface area contributed by atoms with Crippen molar-refractivity contribution in [3.63, 3.8) is 0 Å². The maximum atomic E-state index is 13.1. The van der Waals surface area contributed by atoms with E-state index in [-0.39, 0.29) is 17.1 Å². The summed E-state index contributed by atoms with van der Waals surface area (Å²) in [7, 11) is 1.32. The molecule has 1 atom stereocenters. The molecule has 1 rings (SSSR count). The summed E-state index contributed by atoms with van der Waals surface area (Å²) in [5, 5.41) is 2.50. The molecule has 0 saturated heterocycles. The van der Waals surface area contributed by atoms with Gasteiger partial charge in [0.05, 0.1) is 13.2 Å². The van der Waals surface area contributed by atoms with Crippen LogP contribution in [0.15, 0.2) is 18.2 Å². The summed E-state index contributed by atoms with van der Waals surface area (Å²) in [4.78, 5) is 22.7. The highest BCUT2D eigenvalue weighted by Gasteiger charge is 2.14. The van der Waals surface area contributed by atoms with Crippen LogP contribution in [0.5, 0.6) is 5.75 Å². The van der Waals surface area contributed by atoms with E-state index >= 15 is 0 Å². The molecule has 4 nitrogen and oxygen atoms in total. The molecule has 0 saturated carbocycles. The van der Waals surface area contributed by atoms with Gasteiger partial charge in [-0.15, -0.1) is 0 Å². The van der Waals surface area contributed by atoms with Gasteiger partial charge in [-0.25, -0.2) is 4.39 Å². The number of benzene rings is 1. The molecule has 0 bridgehead atoms. The number of carbonyl (C=O) groups excluding carboxylic acids is 2. The van der Waals surface area contributed by atoms with Crippen molar-refractivity contribution in [2.75, 3.05) is 7.11 Å². The van der Waals surface area contributed by atoms with Gasteiger partial charge in [-0.3, -0.25) is 9.59 Å². The van der Waals surface area contributed by atoms with E-state index in [0.29, 0.717) is 0 Å². The average Bonchev–Trinajstić information content (AvgIpc) is 2.29. The zero-order valence-electron chi connectivity index (χ0n) is 9.91. The molecule has 1 unspecified atom stereocenters. The largest absolute Gasteiger partial charge is 0.494 e. The number of methoxy groups -OCH3 is 1. The molecular weight excluding hydrogens is 225 g/mol. The lowest BCUT2D eigenvalue weighted by Gasteiger charge is -2.11. The summed E-state index contributed by atoms with van der Waals surface area (Å²) >= 11 is 0. The third-order valence-corrected chi connectivity index (χ3v) is 2.37. The Kier molecular flexibility index (Phi) is 4.20. The van der Waals surface area contributed by atoms with Crippen molar-refractivity contribution in [1.82, 2.24) is 5.32 Å². The minimum Gasteiger partial charge on any atom is -0.494 e. The van der Waals surface area contributed by atoms with Crippen molar-refractivity contribution in [3.8, 4) is 5.75 Å². The van der Waals surface area contributed by atoms with E-state index in [0.717, 1.165) is 6.07 Å². The summed E-state index contributed by atoms with van der Waals surface area (Å²) in [6, 6.07) is 3.20.